The summed E-state index contributed by atoms with van der Waals surface area (Å²) in [5, 5.41) is 19.5. The number of hydrogen-bond donors (Lipinski definition) is 1. The number of aromatic nitrogens is 1. The summed E-state index contributed by atoms with van der Waals surface area (Å²) in [5.41, 5.74) is -0.198. The lowest BCUT2D eigenvalue weighted by molar-refractivity contribution is -0.385. The van der Waals surface area contributed by atoms with Gasteiger partial charge in [-0.2, -0.15) is 0 Å². The first kappa shape index (κ1) is 15.2. The molecule has 104 valence electrons. The topological polar surface area (TPSA) is 96.6 Å². The van der Waals surface area contributed by atoms with Gasteiger partial charge in [0.25, 0.3) is 5.69 Å². The molecule has 1 atom stereocenters. The Morgan fingerprint density at radius 2 is 2.32 bits per heavy atom. The van der Waals surface area contributed by atoms with Crippen LogP contribution in [0.2, 0.25) is 5.02 Å². The van der Waals surface area contributed by atoms with Crippen molar-refractivity contribution >= 4 is 29.1 Å². The summed E-state index contributed by atoms with van der Waals surface area (Å²) >= 11 is 5.97. The van der Waals surface area contributed by atoms with E-state index in [1.54, 1.807) is 11.8 Å². The highest BCUT2D eigenvalue weighted by Crippen LogP contribution is 2.28. The molecule has 0 amide bonds. The number of anilines is 1. The molecule has 0 saturated heterocycles. The van der Waals surface area contributed by atoms with E-state index in [1.165, 1.54) is 6.07 Å². The molecule has 0 aliphatic carbocycles. The van der Waals surface area contributed by atoms with Crippen molar-refractivity contribution < 1.29 is 14.8 Å². The third-order valence-electron chi connectivity index (χ3n) is 2.63. The summed E-state index contributed by atoms with van der Waals surface area (Å²) in [6, 6.07) is 0.897. The van der Waals surface area contributed by atoms with Crippen LogP contribution in [0.1, 0.15) is 20.3 Å². The van der Waals surface area contributed by atoms with Gasteiger partial charge < -0.3 is 10.0 Å². The van der Waals surface area contributed by atoms with E-state index in [2.05, 4.69) is 4.98 Å². The molecule has 1 heterocycles. The quantitative estimate of drug-likeness (QED) is 0.637. The average Bonchev–Trinajstić information content (AvgIpc) is 2.30. The molecule has 8 heteroatoms. The van der Waals surface area contributed by atoms with Gasteiger partial charge in [-0.3, -0.25) is 14.9 Å². The number of nitrogens with zero attached hydrogens (tertiary/aromatic N) is 3. The minimum atomic E-state index is -0.927. The van der Waals surface area contributed by atoms with Crippen molar-refractivity contribution in [2.75, 3.05) is 11.4 Å². The molecule has 1 aromatic rings. The van der Waals surface area contributed by atoms with E-state index in [1.807, 2.05) is 6.92 Å². The average molecular weight is 288 g/mol. The largest absolute Gasteiger partial charge is 0.481 e. The maximum absolute atomic E-state index is 10.7. The first-order valence-corrected chi connectivity index (χ1v) is 6.03. The van der Waals surface area contributed by atoms with Crippen LogP contribution in [0.25, 0.3) is 0 Å². The van der Waals surface area contributed by atoms with Crippen LogP contribution >= 0.6 is 11.6 Å². The summed E-state index contributed by atoms with van der Waals surface area (Å²) in [4.78, 5) is 26.4. The number of pyridine rings is 1. The molecule has 1 unspecified atom stereocenters. The van der Waals surface area contributed by atoms with Gasteiger partial charge in [-0.15, -0.1) is 0 Å². The molecule has 0 fully saturated rings. The van der Waals surface area contributed by atoms with E-state index >= 15 is 0 Å². The summed E-state index contributed by atoms with van der Waals surface area (Å²) in [5.74, 6) is -0.576. The summed E-state index contributed by atoms with van der Waals surface area (Å²) in [7, 11) is 0. The Balaban J connectivity index is 3.05. The van der Waals surface area contributed by atoms with E-state index in [0.29, 0.717) is 12.4 Å². The zero-order valence-corrected chi connectivity index (χ0v) is 11.3. The molecule has 1 aromatic heterocycles. The number of carboxylic acid groups (broad SMARTS) is 1. The predicted molar refractivity (Wildman–Crippen MR) is 70.6 cm³/mol. The van der Waals surface area contributed by atoms with Crippen molar-refractivity contribution in [1.82, 2.24) is 4.98 Å². The van der Waals surface area contributed by atoms with Gasteiger partial charge in [0.15, 0.2) is 0 Å². The number of aliphatic carboxylic acids is 1. The number of nitro groups is 1. The molecular weight excluding hydrogens is 274 g/mol. The third-order valence-corrected chi connectivity index (χ3v) is 2.91. The Hall–Kier alpha value is -1.89. The van der Waals surface area contributed by atoms with Gasteiger partial charge >= 0.3 is 5.97 Å². The molecular formula is C11H14ClN3O4. The highest BCUT2D eigenvalue weighted by atomic mass is 35.5. The highest BCUT2D eigenvalue weighted by molar-refractivity contribution is 6.33. The fourth-order valence-corrected chi connectivity index (χ4v) is 2.03. The van der Waals surface area contributed by atoms with E-state index in [0.717, 1.165) is 6.20 Å². The zero-order valence-electron chi connectivity index (χ0n) is 10.5. The van der Waals surface area contributed by atoms with Gasteiger partial charge in [-0.25, -0.2) is 4.98 Å². The van der Waals surface area contributed by atoms with E-state index in [9.17, 15) is 14.9 Å². The van der Waals surface area contributed by atoms with Gasteiger partial charge in [0.1, 0.15) is 12.0 Å². The zero-order chi connectivity index (χ0) is 14.6. The second-order valence-electron chi connectivity index (χ2n) is 3.99. The molecule has 1 N–H and O–H groups in total. The Morgan fingerprint density at radius 1 is 1.68 bits per heavy atom. The molecule has 7 nitrogen and oxygen atoms in total. The number of carbonyl (C=O) groups is 1. The van der Waals surface area contributed by atoms with Crippen LogP contribution in [0.3, 0.4) is 0 Å². The SMILES string of the molecule is CCN(c1ncc([N+](=O)[O-])cc1Cl)C(C)CC(=O)O. The Kier molecular flexibility index (Phi) is 5.05. The Bertz CT molecular complexity index is 495. The third kappa shape index (κ3) is 3.78. The molecule has 0 aliphatic heterocycles. The van der Waals surface area contributed by atoms with Crippen molar-refractivity contribution in [3.8, 4) is 0 Å². The second kappa shape index (κ2) is 6.33. The van der Waals surface area contributed by atoms with E-state index in [-0.39, 0.29) is 23.2 Å². The summed E-state index contributed by atoms with van der Waals surface area (Å²) < 4.78 is 0. The van der Waals surface area contributed by atoms with Crippen LogP contribution in [0.15, 0.2) is 12.3 Å². The van der Waals surface area contributed by atoms with Gasteiger partial charge in [-0.05, 0) is 13.8 Å². The van der Waals surface area contributed by atoms with Gasteiger partial charge in [0.05, 0.1) is 16.4 Å². The van der Waals surface area contributed by atoms with E-state index < -0.39 is 10.9 Å². The molecule has 0 spiro atoms. The normalized spacial score (nSPS) is 11.9. The first-order chi connectivity index (χ1) is 8.86. The second-order valence-corrected chi connectivity index (χ2v) is 4.40. The number of carboxylic acids is 1. The fourth-order valence-electron chi connectivity index (χ4n) is 1.76. The van der Waals surface area contributed by atoms with E-state index in [4.69, 9.17) is 16.7 Å². The lowest BCUT2D eigenvalue weighted by Crippen LogP contribution is -2.35. The maximum Gasteiger partial charge on any atom is 0.305 e. The van der Waals surface area contributed by atoms with Crippen LogP contribution in [0, 0.1) is 10.1 Å². The summed E-state index contributed by atoms with van der Waals surface area (Å²) in [6.07, 6.45) is 1.04. The van der Waals surface area contributed by atoms with Gasteiger partial charge in [0, 0.05) is 18.7 Å². The molecule has 0 bridgehead atoms. The first-order valence-electron chi connectivity index (χ1n) is 5.65. The smallest absolute Gasteiger partial charge is 0.305 e. The molecule has 1 rings (SSSR count). The lowest BCUT2D eigenvalue weighted by Gasteiger charge is -2.28. The predicted octanol–water partition coefficient (Wildman–Crippen LogP) is 2.33. The van der Waals surface area contributed by atoms with Crippen molar-refractivity contribution in [1.29, 1.82) is 0 Å². The van der Waals surface area contributed by atoms with Crippen LogP contribution < -0.4 is 4.90 Å². The molecule has 0 radical (unpaired) electrons. The molecule has 0 saturated carbocycles. The van der Waals surface area contributed by atoms with Crippen molar-refractivity contribution in [3.05, 3.63) is 27.4 Å². The van der Waals surface area contributed by atoms with Crippen molar-refractivity contribution in [2.24, 2.45) is 0 Å². The minimum Gasteiger partial charge on any atom is -0.481 e. The van der Waals surface area contributed by atoms with Crippen molar-refractivity contribution in [3.63, 3.8) is 0 Å². The summed E-state index contributed by atoms with van der Waals surface area (Å²) in [6.45, 7) is 4.06. The molecule has 19 heavy (non-hydrogen) atoms. The standard InChI is InChI=1S/C11H14ClN3O4/c1-3-14(7(2)4-10(16)17)11-9(12)5-8(6-13-11)15(18)19/h5-7H,3-4H2,1-2H3,(H,16,17). The molecule has 0 aliphatic rings. The maximum atomic E-state index is 10.7. The fraction of sp³-hybridized carbons (Fsp3) is 0.455. The Morgan fingerprint density at radius 3 is 2.74 bits per heavy atom. The Labute approximate surface area is 115 Å². The minimum absolute atomic E-state index is 0.0666. The van der Waals surface area contributed by atoms with Gasteiger partial charge in [-0.1, -0.05) is 11.6 Å². The highest BCUT2D eigenvalue weighted by Gasteiger charge is 2.21. The van der Waals surface area contributed by atoms with Crippen LogP contribution in [-0.4, -0.2) is 33.6 Å². The van der Waals surface area contributed by atoms with Crippen LogP contribution in [-0.2, 0) is 4.79 Å². The monoisotopic (exact) mass is 287 g/mol. The molecule has 0 aromatic carbocycles. The van der Waals surface area contributed by atoms with Crippen molar-refractivity contribution in [2.45, 2.75) is 26.3 Å². The number of halogens is 1. The number of hydrogen-bond acceptors (Lipinski definition) is 5. The van der Waals surface area contributed by atoms with Crippen LogP contribution in [0.5, 0.6) is 0 Å². The van der Waals surface area contributed by atoms with Crippen LogP contribution in [0.4, 0.5) is 11.5 Å². The number of rotatable bonds is 6. The lowest BCUT2D eigenvalue weighted by atomic mass is 10.2. The van der Waals surface area contributed by atoms with Gasteiger partial charge in [0.2, 0.25) is 0 Å².